The largest absolute Gasteiger partial charge is 0.322 e. The van der Waals surface area contributed by atoms with Gasteiger partial charge in [0.15, 0.2) is 22.8 Å². The summed E-state index contributed by atoms with van der Waals surface area (Å²) in [7, 11) is -0.824. The third kappa shape index (κ3) is 2.46. The number of rotatable bonds is 2. The van der Waals surface area contributed by atoms with Gasteiger partial charge in [0, 0.05) is 0 Å². The van der Waals surface area contributed by atoms with Crippen LogP contribution in [0.4, 0.5) is 0 Å². The Balaban J connectivity index is 2.37. The second-order valence-corrected chi connectivity index (χ2v) is 7.78. The summed E-state index contributed by atoms with van der Waals surface area (Å²) in [6.45, 7) is 0. The lowest BCUT2D eigenvalue weighted by molar-refractivity contribution is -0.00686. The highest BCUT2D eigenvalue weighted by atomic mass is 31.2. The van der Waals surface area contributed by atoms with Crippen LogP contribution in [0.1, 0.15) is 0 Å². The molecule has 10 nitrogen and oxygen atoms in total. The quantitative estimate of drug-likeness (QED) is 0.215. The normalized spacial score (nSPS) is 40.7. The molecule has 1 heterocycles. The number of hydrogen-bond acceptors (Lipinski definition) is 10. The van der Waals surface area contributed by atoms with Crippen LogP contribution in [0.25, 0.3) is 0 Å². The molecule has 0 saturated carbocycles. The summed E-state index contributed by atoms with van der Waals surface area (Å²) < 4.78 is 17.7. The standard InChI is InChI=1S/C6H16N9OP3/c7-3-1-2-4(8,6(11,12)5(3,9)10)16-19-14-17-13-18-15-19/h1-3,19H,7-12H2. The molecular formula is C6H16N9OP3. The van der Waals surface area contributed by atoms with Crippen LogP contribution in [-0.2, 0) is 4.52 Å². The molecule has 12 N–H and O–H groups in total. The van der Waals surface area contributed by atoms with Crippen molar-refractivity contribution in [2.45, 2.75) is 23.1 Å². The highest BCUT2D eigenvalue weighted by Gasteiger charge is 2.59. The minimum absolute atomic E-state index is 0.537. The molecule has 3 atom stereocenters. The van der Waals surface area contributed by atoms with Gasteiger partial charge in [0.2, 0.25) is 8.09 Å². The molecule has 19 heavy (non-hydrogen) atoms. The topological polar surface area (TPSA) is 202 Å². The maximum absolute atomic E-state index is 6.10. The molecule has 13 heteroatoms. The first-order valence-electron chi connectivity index (χ1n) is 5.18. The van der Waals surface area contributed by atoms with E-state index in [0.717, 1.165) is 0 Å². The molecule has 0 saturated heterocycles. The van der Waals surface area contributed by atoms with Crippen molar-refractivity contribution in [2.75, 3.05) is 0 Å². The van der Waals surface area contributed by atoms with Crippen molar-refractivity contribution in [3.8, 4) is 0 Å². The fourth-order valence-corrected chi connectivity index (χ4v) is 4.80. The van der Waals surface area contributed by atoms with E-state index in [0.29, 0.717) is 17.0 Å². The lowest BCUT2D eigenvalue weighted by Crippen LogP contribution is -2.91. The van der Waals surface area contributed by atoms with E-state index in [1.807, 2.05) is 0 Å². The maximum atomic E-state index is 6.10. The van der Waals surface area contributed by atoms with Gasteiger partial charge in [0.25, 0.3) is 0 Å². The SMILES string of the molecule is NC1C=CC(N)(O[PH]2=NP=NP=N2)C(N)(N)C1(N)N. The molecule has 3 unspecified atom stereocenters. The van der Waals surface area contributed by atoms with E-state index in [4.69, 9.17) is 38.9 Å². The molecule has 0 spiro atoms. The Bertz CT molecular complexity index is 500. The molecule has 2 aliphatic rings. The van der Waals surface area contributed by atoms with Crippen LogP contribution in [-0.4, -0.2) is 23.1 Å². The smallest absolute Gasteiger partial charge is 0.202 e. The average Bonchev–Trinajstić information content (AvgIpc) is 2.35. The van der Waals surface area contributed by atoms with Crippen molar-refractivity contribution in [1.29, 1.82) is 0 Å². The van der Waals surface area contributed by atoms with Gasteiger partial charge in [-0.2, -0.15) is 13.5 Å². The van der Waals surface area contributed by atoms with Crippen molar-refractivity contribution in [3.63, 3.8) is 0 Å². The predicted octanol–water partition coefficient (Wildman–Crippen LogP) is -0.887. The molecule has 0 radical (unpaired) electrons. The molecular weight excluding hydrogens is 307 g/mol. The monoisotopic (exact) mass is 323 g/mol. The molecule has 0 bridgehead atoms. The fraction of sp³-hybridized carbons (Fsp3) is 0.667. The van der Waals surface area contributed by atoms with Gasteiger partial charge in [-0.15, -0.1) is 0 Å². The van der Waals surface area contributed by atoms with E-state index < -0.39 is 31.2 Å². The van der Waals surface area contributed by atoms with E-state index >= 15 is 0 Å². The summed E-state index contributed by atoms with van der Waals surface area (Å²) >= 11 is 0. The van der Waals surface area contributed by atoms with E-state index in [-0.39, 0.29) is 0 Å². The van der Waals surface area contributed by atoms with Gasteiger partial charge in [-0.3, -0.25) is 10.3 Å². The van der Waals surface area contributed by atoms with Crippen molar-refractivity contribution < 1.29 is 4.52 Å². The van der Waals surface area contributed by atoms with Crippen LogP contribution in [0, 0.1) is 0 Å². The zero-order valence-corrected chi connectivity index (χ0v) is 12.6. The lowest BCUT2D eigenvalue weighted by Gasteiger charge is -2.53. The number of hydrogen-bond donors (Lipinski definition) is 6. The molecule has 1 aliphatic heterocycles. The second-order valence-electron chi connectivity index (χ2n) is 4.33. The molecule has 0 fully saturated rings. The van der Waals surface area contributed by atoms with Crippen LogP contribution >= 0.6 is 25.1 Å². The van der Waals surface area contributed by atoms with Crippen molar-refractivity contribution in [3.05, 3.63) is 12.2 Å². The highest BCUT2D eigenvalue weighted by Crippen LogP contribution is 2.46. The summed E-state index contributed by atoms with van der Waals surface area (Å²) in [5, 5.41) is 0. The Kier molecular flexibility index (Phi) is 4.04. The molecule has 1 aliphatic carbocycles. The van der Waals surface area contributed by atoms with Gasteiger partial charge < -0.3 is 28.7 Å². The van der Waals surface area contributed by atoms with Crippen molar-refractivity contribution in [2.24, 2.45) is 47.9 Å². The summed E-state index contributed by atoms with van der Waals surface area (Å²) in [5.74, 6) is 0. The predicted molar refractivity (Wildman–Crippen MR) is 76.8 cm³/mol. The maximum Gasteiger partial charge on any atom is 0.202 e. The van der Waals surface area contributed by atoms with Crippen LogP contribution in [0.3, 0.4) is 0 Å². The van der Waals surface area contributed by atoms with Crippen LogP contribution < -0.4 is 34.4 Å². The fourth-order valence-electron chi connectivity index (χ4n) is 1.62. The first-order valence-corrected chi connectivity index (χ1v) is 8.08. The molecule has 0 aromatic carbocycles. The van der Waals surface area contributed by atoms with E-state index in [2.05, 4.69) is 13.5 Å². The highest BCUT2D eigenvalue weighted by molar-refractivity contribution is 7.56. The lowest BCUT2D eigenvalue weighted by atomic mass is 9.76. The van der Waals surface area contributed by atoms with Gasteiger partial charge in [-0.25, -0.2) is 0 Å². The van der Waals surface area contributed by atoms with Crippen LogP contribution in [0.15, 0.2) is 25.7 Å². The number of nitrogens with two attached hydrogens (primary N) is 6. The van der Waals surface area contributed by atoms with Crippen molar-refractivity contribution >= 4 is 25.1 Å². The zero-order valence-electron chi connectivity index (χ0n) is 9.84. The zero-order chi connectivity index (χ0) is 14.3. The Morgan fingerprint density at radius 1 is 1.16 bits per heavy atom. The molecule has 0 amide bonds. The van der Waals surface area contributed by atoms with Gasteiger partial charge in [0.05, 0.1) is 6.04 Å². The van der Waals surface area contributed by atoms with Crippen molar-refractivity contribution in [1.82, 2.24) is 0 Å². The van der Waals surface area contributed by atoms with Gasteiger partial charge in [-0.05, 0) is 6.08 Å². The van der Waals surface area contributed by atoms with Crippen LogP contribution in [0.5, 0.6) is 0 Å². The Hall–Kier alpha value is -0.110. The van der Waals surface area contributed by atoms with Crippen LogP contribution in [0.2, 0.25) is 0 Å². The third-order valence-electron chi connectivity index (χ3n) is 3.07. The van der Waals surface area contributed by atoms with E-state index in [9.17, 15) is 0 Å². The summed E-state index contributed by atoms with van der Waals surface area (Å²) in [6, 6.07) is -0.744. The average molecular weight is 323 g/mol. The molecule has 106 valence electrons. The first kappa shape index (κ1) is 15.3. The third-order valence-corrected chi connectivity index (χ3v) is 6.31. The Morgan fingerprint density at radius 3 is 2.42 bits per heavy atom. The Labute approximate surface area is 113 Å². The molecule has 2 rings (SSSR count). The second kappa shape index (κ2) is 5.02. The Morgan fingerprint density at radius 2 is 1.84 bits per heavy atom. The van der Waals surface area contributed by atoms with E-state index in [1.54, 1.807) is 0 Å². The van der Waals surface area contributed by atoms with E-state index in [1.165, 1.54) is 12.2 Å². The summed E-state index contributed by atoms with van der Waals surface area (Å²) in [4.78, 5) is 0. The summed E-state index contributed by atoms with van der Waals surface area (Å²) in [5.41, 5.74) is 30.7. The van der Waals surface area contributed by atoms with Gasteiger partial charge >= 0.3 is 0 Å². The van der Waals surface area contributed by atoms with Gasteiger partial charge in [0.1, 0.15) is 11.3 Å². The first-order chi connectivity index (χ1) is 8.71. The molecule has 0 aromatic heterocycles. The minimum atomic E-state index is -1.90. The minimum Gasteiger partial charge on any atom is -0.322 e. The van der Waals surface area contributed by atoms with Gasteiger partial charge in [-0.1, -0.05) is 6.08 Å². The molecule has 0 aromatic rings. The number of nitrogens with zero attached hydrogens (tertiary/aromatic N) is 3. The summed E-state index contributed by atoms with van der Waals surface area (Å²) in [6.07, 6.45) is 2.97.